The molecule has 1 heterocycles. The third-order valence-corrected chi connectivity index (χ3v) is 5.66. The second-order valence-corrected chi connectivity index (χ2v) is 7.64. The SMILES string of the molecule is COC(=O)c1cccc(-c2ccc(C(CC(=NO)c3ccncc3)c3ccccc3)cc2)c1. The molecule has 1 N–H and O–H groups in total. The minimum Gasteiger partial charge on any atom is -0.465 e. The lowest BCUT2D eigenvalue weighted by atomic mass is 9.85. The zero-order chi connectivity index (χ0) is 23.0. The molecule has 5 nitrogen and oxygen atoms in total. The largest absolute Gasteiger partial charge is 0.465 e. The van der Waals surface area contributed by atoms with E-state index in [1.54, 1.807) is 18.5 Å². The number of benzene rings is 3. The number of methoxy groups -OCH3 is 1. The molecule has 3 aromatic carbocycles. The molecule has 1 unspecified atom stereocenters. The van der Waals surface area contributed by atoms with E-state index >= 15 is 0 Å². The maximum absolute atomic E-state index is 11.9. The molecule has 0 aliphatic heterocycles. The van der Waals surface area contributed by atoms with E-state index in [9.17, 15) is 10.0 Å². The predicted molar refractivity (Wildman–Crippen MR) is 129 cm³/mol. The molecule has 0 radical (unpaired) electrons. The number of esters is 1. The molecule has 33 heavy (non-hydrogen) atoms. The molecule has 0 spiro atoms. The van der Waals surface area contributed by atoms with Gasteiger partial charge in [0.15, 0.2) is 0 Å². The Kier molecular flexibility index (Phi) is 6.90. The highest BCUT2D eigenvalue weighted by Crippen LogP contribution is 2.31. The van der Waals surface area contributed by atoms with Crippen LogP contribution in [0.2, 0.25) is 0 Å². The number of carbonyl (C=O) groups is 1. The number of hydrogen-bond donors (Lipinski definition) is 1. The molecule has 1 aromatic heterocycles. The number of nitrogens with zero attached hydrogens (tertiary/aromatic N) is 2. The van der Waals surface area contributed by atoms with Crippen molar-refractivity contribution in [2.24, 2.45) is 5.16 Å². The van der Waals surface area contributed by atoms with Gasteiger partial charge in [-0.25, -0.2) is 4.79 Å². The van der Waals surface area contributed by atoms with E-state index in [1.165, 1.54) is 7.11 Å². The molecule has 0 aliphatic rings. The Balaban J connectivity index is 1.66. The van der Waals surface area contributed by atoms with Gasteiger partial charge in [0.1, 0.15) is 0 Å². The van der Waals surface area contributed by atoms with Gasteiger partial charge in [-0.05, 0) is 46.5 Å². The van der Waals surface area contributed by atoms with Crippen LogP contribution < -0.4 is 0 Å². The van der Waals surface area contributed by atoms with Gasteiger partial charge < -0.3 is 9.94 Å². The van der Waals surface area contributed by atoms with E-state index in [2.05, 4.69) is 34.4 Å². The molecule has 0 aliphatic carbocycles. The summed E-state index contributed by atoms with van der Waals surface area (Å²) in [6.07, 6.45) is 3.91. The minimum atomic E-state index is -0.357. The van der Waals surface area contributed by atoms with Crippen molar-refractivity contribution in [3.05, 3.63) is 126 Å². The summed E-state index contributed by atoms with van der Waals surface area (Å²) in [7, 11) is 1.38. The lowest BCUT2D eigenvalue weighted by Gasteiger charge is -2.19. The Labute approximate surface area is 193 Å². The maximum Gasteiger partial charge on any atom is 0.337 e. The van der Waals surface area contributed by atoms with Gasteiger partial charge in [0.25, 0.3) is 0 Å². The van der Waals surface area contributed by atoms with Gasteiger partial charge in [-0.15, -0.1) is 0 Å². The van der Waals surface area contributed by atoms with Gasteiger partial charge in [-0.3, -0.25) is 4.98 Å². The summed E-state index contributed by atoms with van der Waals surface area (Å²) in [5.74, 6) is -0.356. The highest BCUT2D eigenvalue weighted by molar-refractivity contribution is 6.00. The van der Waals surface area contributed by atoms with Crippen molar-refractivity contribution in [1.82, 2.24) is 4.98 Å². The first-order valence-electron chi connectivity index (χ1n) is 10.6. The molecule has 0 amide bonds. The minimum absolute atomic E-state index is 0.000666. The van der Waals surface area contributed by atoms with E-state index < -0.39 is 0 Å². The van der Waals surface area contributed by atoms with E-state index in [0.29, 0.717) is 17.7 Å². The fourth-order valence-electron chi connectivity index (χ4n) is 3.92. The van der Waals surface area contributed by atoms with Crippen molar-refractivity contribution in [3.63, 3.8) is 0 Å². The lowest BCUT2D eigenvalue weighted by Crippen LogP contribution is -2.10. The van der Waals surface area contributed by atoms with Gasteiger partial charge in [0, 0.05) is 30.3 Å². The smallest absolute Gasteiger partial charge is 0.337 e. The summed E-state index contributed by atoms with van der Waals surface area (Å²) >= 11 is 0. The van der Waals surface area contributed by atoms with Crippen LogP contribution in [-0.4, -0.2) is 29.0 Å². The van der Waals surface area contributed by atoms with E-state index in [-0.39, 0.29) is 11.9 Å². The average Bonchev–Trinajstić information content (AvgIpc) is 2.90. The highest BCUT2D eigenvalue weighted by atomic mass is 16.5. The monoisotopic (exact) mass is 436 g/mol. The number of pyridine rings is 1. The molecule has 0 fully saturated rings. The molecule has 1 atom stereocenters. The predicted octanol–water partition coefficient (Wildman–Crippen LogP) is 5.94. The second kappa shape index (κ2) is 10.4. The zero-order valence-electron chi connectivity index (χ0n) is 18.3. The van der Waals surface area contributed by atoms with Crippen LogP contribution in [0.25, 0.3) is 11.1 Å². The van der Waals surface area contributed by atoms with E-state index in [0.717, 1.165) is 27.8 Å². The van der Waals surface area contributed by atoms with Crippen molar-refractivity contribution < 1.29 is 14.7 Å². The normalized spacial score (nSPS) is 12.2. The lowest BCUT2D eigenvalue weighted by molar-refractivity contribution is 0.0601. The Morgan fingerprint density at radius 2 is 1.55 bits per heavy atom. The number of oxime groups is 1. The van der Waals surface area contributed by atoms with Crippen molar-refractivity contribution in [2.45, 2.75) is 12.3 Å². The molecular formula is C28H24N2O3. The summed E-state index contributed by atoms with van der Waals surface area (Å²) < 4.78 is 4.84. The zero-order valence-corrected chi connectivity index (χ0v) is 18.3. The average molecular weight is 437 g/mol. The van der Waals surface area contributed by atoms with Crippen LogP contribution in [0.15, 0.2) is 109 Å². The highest BCUT2D eigenvalue weighted by Gasteiger charge is 2.19. The molecule has 0 saturated heterocycles. The standard InChI is InChI=1S/C28H24N2O3/c1-33-28(31)25-9-5-8-24(18-25)20-10-12-22(13-11-20)26(21-6-3-2-4-7-21)19-27(30-32)23-14-16-29-17-15-23/h2-18,26,32H,19H2,1H3. The Morgan fingerprint density at radius 1 is 0.848 bits per heavy atom. The van der Waals surface area contributed by atoms with Crippen LogP contribution >= 0.6 is 0 Å². The van der Waals surface area contributed by atoms with E-state index in [1.807, 2.05) is 60.7 Å². The number of hydrogen-bond acceptors (Lipinski definition) is 5. The summed E-state index contributed by atoms with van der Waals surface area (Å²) in [5, 5.41) is 13.3. The fraction of sp³-hybridized carbons (Fsp3) is 0.107. The Morgan fingerprint density at radius 3 is 2.21 bits per heavy atom. The summed E-state index contributed by atoms with van der Waals surface area (Å²) in [6.45, 7) is 0. The first-order chi connectivity index (χ1) is 16.2. The van der Waals surface area contributed by atoms with Crippen molar-refractivity contribution in [2.75, 3.05) is 7.11 Å². The van der Waals surface area contributed by atoms with E-state index in [4.69, 9.17) is 4.74 Å². The number of rotatable bonds is 7. The molecule has 164 valence electrons. The van der Waals surface area contributed by atoms with Crippen LogP contribution in [0, 0.1) is 0 Å². The first kappa shape index (κ1) is 22.0. The number of ether oxygens (including phenoxy) is 1. The van der Waals surface area contributed by atoms with Crippen molar-refractivity contribution in [1.29, 1.82) is 0 Å². The van der Waals surface area contributed by atoms with Crippen LogP contribution in [0.4, 0.5) is 0 Å². The maximum atomic E-state index is 11.9. The van der Waals surface area contributed by atoms with Gasteiger partial charge in [0.2, 0.25) is 0 Å². The number of carbonyl (C=O) groups excluding carboxylic acids is 1. The molecule has 5 heteroatoms. The summed E-state index contributed by atoms with van der Waals surface area (Å²) in [4.78, 5) is 15.9. The Bertz CT molecular complexity index is 1240. The number of aromatic nitrogens is 1. The quantitative estimate of drug-likeness (QED) is 0.169. The van der Waals surface area contributed by atoms with Gasteiger partial charge in [-0.1, -0.05) is 71.9 Å². The van der Waals surface area contributed by atoms with Crippen LogP contribution in [-0.2, 0) is 4.74 Å². The summed E-state index contributed by atoms with van der Waals surface area (Å²) in [6, 6.07) is 29.5. The van der Waals surface area contributed by atoms with Crippen LogP contribution in [0.5, 0.6) is 0 Å². The molecule has 4 aromatic rings. The van der Waals surface area contributed by atoms with Crippen LogP contribution in [0.1, 0.15) is 39.4 Å². The van der Waals surface area contributed by atoms with Crippen LogP contribution in [0.3, 0.4) is 0 Å². The second-order valence-electron chi connectivity index (χ2n) is 7.64. The first-order valence-corrected chi connectivity index (χ1v) is 10.6. The summed E-state index contributed by atoms with van der Waals surface area (Å²) in [5.41, 5.74) is 6.13. The molecule has 0 bridgehead atoms. The van der Waals surface area contributed by atoms with Crippen molar-refractivity contribution in [3.8, 4) is 11.1 Å². The topological polar surface area (TPSA) is 71.8 Å². The molecule has 4 rings (SSSR count). The molecular weight excluding hydrogens is 412 g/mol. The van der Waals surface area contributed by atoms with Gasteiger partial charge in [-0.2, -0.15) is 0 Å². The third-order valence-electron chi connectivity index (χ3n) is 5.66. The molecule has 0 saturated carbocycles. The van der Waals surface area contributed by atoms with Gasteiger partial charge in [0.05, 0.1) is 18.4 Å². The third kappa shape index (κ3) is 5.15. The van der Waals surface area contributed by atoms with Gasteiger partial charge >= 0.3 is 5.97 Å². The fourth-order valence-corrected chi connectivity index (χ4v) is 3.92. The van der Waals surface area contributed by atoms with Crippen molar-refractivity contribution >= 4 is 11.7 Å². The Hall–Kier alpha value is -4.25.